The van der Waals surface area contributed by atoms with Crippen LogP contribution in [0.4, 0.5) is 4.79 Å². The number of ether oxygens (including phenoxy) is 1. The third kappa shape index (κ3) is 6.31. The first-order chi connectivity index (χ1) is 10.0. The van der Waals surface area contributed by atoms with Crippen molar-refractivity contribution in [2.75, 3.05) is 13.2 Å². The minimum absolute atomic E-state index is 0.307. The van der Waals surface area contributed by atoms with Crippen LogP contribution in [0.3, 0.4) is 0 Å². The second-order valence-corrected chi connectivity index (χ2v) is 4.74. The zero-order valence-electron chi connectivity index (χ0n) is 11.7. The quantitative estimate of drug-likeness (QED) is 0.479. The molecule has 0 atom stereocenters. The second-order valence-electron chi connectivity index (χ2n) is 4.26. The van der Waals surface area contributed by atoms with Crippen molar-refractivity contribution in [1.29, 1.82) is 0 Å². The highest BCUT2D eigenvalue weighted by Crippen LogP contribution is 2.01. The average Bonchev–Trinajstić information content (AvgIpc) is 2.48. The number of thiol groups is 1. The Bertz CT molecular complexity index is 493. The molecule has 0 fully saturated rings. The summed E-state index contributed by atoms with van der Waals surface area (Å²) in [5.41, 5.74) is 0.345. The summed E-state index contributed by atoms with van der Waals surface area (Å²) in [5, 5.41) is 2.13. The molecule has 0 radical (unpaired) electrons. The normalized spacial score (nSPS) is 9.81. The van der Waals surface area contributed by atoms with Gasteiger partial charge in [0.1, 0.15) is 6.54 Å². The lowest BCUT2D eigenvalue weighted by Crippen LogP contribution is -2.40. The van der Waals surface area contributed by atoms with E-state index in [0.29, 0.717) is 12.2 Å². The van der Waals surface area contributed by atoms with E-state index in [2.05, 4.69) is 18.1 Å². The number of esters is 1. The number of nitrogens with zero attached hydrogens (tertiary/aromatic N) is 1. The van der Waals surface area contributed by atoms with Crippen molar-refractivity contribution >= 4 is 30.7 Å². The molecule has 114 valence electrons. The lowest BCUT2D eigenvalue weighted by Gasteiger charge is -2.15. The smallest absolute Gasteiger partial charge is 0.334 e. The molecule has 6 nitrogen and oxygen atoms in total. The number of hydrogen-bond donors (Lipinski definition) is 2. The van der Waals surface area contributed by atoms with Crippen molar-refractivity contribution in [3.05, 3.63) is 35.9 Å². The SMILES string of the molecule is CCCCOC(=O)CN(S)C(=O)NC(=O)c1ccccc1. The van der Waals surface area contributed by atoms with Gasteiger partial charge in [-0.15, -0.1) is 0 Å². The van der Waals surface area contributed by atoms with Crippen molar-refractivity contribution in [1.82, 2.24) is 9.62 Å². The van der Waals surface area contributed by atoms with Crippen LogP contribution in [0.1, 0.15) is 30.1 Å². The molecule has 1 aromatic rings. The molecule has 0 aliphatic heterocycles. The molecule has 0 saturated heterocycles. The topological polar surface area (TPSA) is 75.7 Å². The number of benzene rings is 1. The third-order valence-corrected chi connectivity index (χ3v) is 2.85. The van der Waals surface area contributed by atoms with Crippen molar-refractivity contribution in [3.8, 4) is 0 Å². The van der Waals surface area contributed by atoms with E-state index in [1.54, 1.807) is 30.3 Å². The summed E-state index contributed by atoms with van der Waals surface area (Å²) >= 11 is 3.86. The Morgan fingerprint density at radius 3 is 2.52 bits per heavy atom. The van der Waals surface area contributed by atoms with Gasteiger partial charge in [0.15, 0.2) is 0 Å². The molecule has 0 saturated carbocycles. The number of imide groups is 1. The van der Waals surface area contributed by atoms with Crippen LogP contribution in [0.25, 0.3) is 0 Å². The number of hydrogen-bond acceptors (Lipinski definition) is 5. The monoisotopic (exact) mass is 310 g/mol. The largest absolute Gasteiger partial charge is 0.464 e. The fourth-order valence-electron chi connectivity index (χ4n) is 1.39. The van der Waals surface area contributed by atoms with E-state index in [4.69, 9.17) is 4.74 Å². The maximum Gasteiger partial charge on any atom is 0.334 e. The molecule has 0 aliphatic carbocycles. The first-order valence-electron chi connectivity index (χ1n) is 6.57. The number of rotatable bonds is 6. The summed E-state index contributed by atoms with van der Waals surface area (Å²) in [7, 11) is 0. The van der Waals surface area contributed by atoms with Crippen molar-refractivity contribution in [2.24, 2.45) is 0 Å². The lowest BCUT2D eigenvalue weighted by atomic mass is 10.2. The molecule has 0 unspecified atom stereocenters. The van der Waals surface area contributed by atoms with Gasteiger partial charge >= 0.3 is 12.0 Å². The van der Waals surface area contributed by atoms with Crippen LogP contribution in [0.2, 0.25) is 0 Å². The standard InChI is InChI=1S/C14H18N2O4S/c1-2-3-9-20-12(17)10-16(21)14(19)15-13(18)11-7-5-4-6-8-11/h4-8,21H,2-3,9-10H2,1H3,(H,15,18,19). The summed E-state index contributed by atoms with van der Waals surface area (Å²) in [5.74, 6) is -1.13. The van der Waals surface area contributed by atoms with Crippen LogP contribution < -0.4 is 5.32 Å². The fourth-order valence-corrected chi connectivity index (χ4v) is 1.56. The number of unbranched alkanes of at least 4 members (excludes halogenated alkanes) is 1. The van der Waals surface area contributed by atoms with Gasteiger partial charge < -0.3 is 4.74 Å². The van der Waals surface area contributed by atoms with E-state index < -0.39 is 17.9 Å². The predicted octanol–water partition coefficient (Wildman–Crippen LogP) is 2.03. The zero-order valence-corrected chi connectivity index (χ0v) is 12.6. The Morgan fingerprint density at radius 2 is 1.90 bits per heavy atom. The number of urea groups is 1. The Kier molecular flexibility index (Phi) is 7.31. The van der Waals surface area contributed by atoms with Crippen LogP contribution in [0.5, 0.6) is 0 Å². The summed E-state index contributed by atoms with van der Waals surface area (Å²) in [6.45, 7) is 1.95. The van der Waals surface area contributed by atoms with Gasteiger partial charge in [-0.2, -0.15) is 0 Å². The second kappa shape index (κ2) is 9.02. The van der Waals surface area contributed by atoms with Gasteiger partial charge in [0, 0.05) is 5.56 Å². The molecule has 1 rings (SSSR count). The molecule has 0 bridgehead atoms. The summed E-state index contributed by atoms with van der Waals surface area (Å²) in [4.78, 5) is 34.9. The Labute approximate surface area is 129 Å². The molecule has 3 amide bonds. The van der Waals surface area contributed by atoms with E-state index >= 15 is 0 Å². The molecule has 1 aromatic carbocycles. The van der Waals surface area contributed by atoms with Crippen LogP contribution in [-0.2, 0) is 9.53 Å². The Balaban J connectivity index is 2.40. The number of carbonyl (C=O) groups is 3. The summed E-state index contributed by atoms with van der Waals surface area (Å²) < 4.78 is 5.70. The van der Waals surface area contributed by atoms with Crippen LogP contribution in [0.15, 0.2) is 30.3 Å². The van der Waals surface area contributed by atoms with Crippen molar-refractivity contribution in [2.45, 2.75) is 19.8 Å². The fraction of sp³-hybridized carbons (Fsp3) is 0.357. The highest BCUT2D eigenvalue weighted by Gasteiger charge is 2.17. The van der Waals surface area contributed by atoms with Gasteiger partial charge in [-0.25, -0.2) is 4.79 Å². The van der Waals surface area contributed by atoms with Gasteiger partial charge in [-0.3, -0.25) is 19.2 Å². The van der Waals surface area contributed by atoms with E-state index in [1.807, 2.05) is 6.92 Å². The number of amides is 3. The molecule has 0 heterocycles. The highest BCUT2D eigenvalue weighted by molar-refractivity contribution is 7.78. The molecular formula is C14H18N2O4S. The molecule has 0 aliphatic rings. The minimum atomic E-state index is -0.778. The Morgan fingerprint density at radius 1 is 1.24 bits per heavy atom. The highest BCUT2D eigenvalue weighted by atomic mass is 32.1. The van der Waals surface area contributed by atoms with Gasteiger partial charge in [-0.05, 0) is 18.6 Å². The van der Waals surface area contributed by atoms with Crippen LogP contribution in [0, 0.1) is 0 Å². The van der Waals surface area contributed by atoms with E-state index in [1.165, 1.54) is 0 Å². The first kappa shape index (κ1) is 17.0. The summed E-state index contributed by atoms with van der Waals surface area (Å²) in [6.07, 6.45) is 1.67. The molecule has 21 heavy (non-hydrogen) atoms. The molecule has 1 N–H and O–H groups in total. The van der Waals surface area contributed by atoms with E-state index in [-0.39, 0.29) is 6.54 Å². The molecule has 0 spiro atoms. The van der Waals surface area contributed by atoms with Gasteiger partial charge in [0.2, 0.25) is 0 Å². The average molecular weight is 310 g/mol. The minimum Gasteiger partial charge on any atom is -0.464 e. The van der Waals surface area contributed by atoms with E-state index in [9.17, 15) is 14.4 Å². The van der Waals surface area contributed by atoms with Gasteiger partial charge in [0.25, 0.3) is 5.91 Å². The summed E-state index contributed by atoms with van der Waals surface area (Å²) in [6, 6.07) is 7.50. The van der Waals surface area contributed by atoms with Crippen LogP contribution >= 0.6 is 12.8 Å². The van der Waals surface area contributed by atoms with Gasteiger partial charge in [0.05, 0.1) is 6.61 Å². The third-order valence-electron chi connectivity index (χ3n) is 2.53. The lowest BCUT2D eigenvalue weighted by molar-refractivity contribution is -0.143. The number of carbonyl (C=O) groups excluding carboxylic acids is 3. The van der Waals surface area contributed by atoms with Crippen molar-refractivity contribution in [3.63, 3.8) is 0 Å². The van der Waals surface area contributed by atoms with Crippen molar-refractivity contribution < 1.29 is 19.1 Å². The maximum absolute atomic E-state index is 11.7. The van der Waals surface area contributed by atoms with Gasteiger partial charge in [-0.1, -0.05) is 44.4 Å². The maximum atomic E-state index is 11.7. The molecule has 7 heteroatoms. The Hall–Kier alpha value is -2.02. The molecule has 0 aromatic heterocycles. The number of nitrogens with one attached hydrogen (secondary N) is 1. The predicted molar refractivity (Wildman–Crippen MR) is 80.9 cm³/mol. The van der Waals surface area contributed by atoms with Crippen LogP contribution in [-0.4, -0.2) is 35.4 Å². The van der Waals surface area contributed by atoms with E-state index in [0.717, 1.165) is 17.1 Å². The molecular weight excluding hydrogens is 292 g/mol. The first-order valence-corrected chi connectivity index (χ1v) is 6.97. The zero-order chi connectivity index (χ0) is 15.7.